The Morgan fingerprint density at radius 1 is 1.29 bits per heavy atom. The molecule has 118 valence electrons. The third kappa shape index (κ3) is 4.30. The normalized spacial score (nSPS) is 16.4. The molecule has 1 aliphatic rings. The van der Waals surface area contributed by atoms with Gasteiger partial charge >= 0.3 is 0 Å². The molecule has 0 unspecified atom stereocenters. The van der Waals surface area contributed by atoms with Crippen LogP contribution < -0.4 is 10.2 Å². The second-order valence-electron chi connectivity index (χ2n) is 5.15. The number of aromatic nitrogens is 2. The summed E-state index contributed by atoms with van der Waals surface area (Å²) in [6.45, 7) is 9.21. The van der Waals surface area contributed by atoms with Crippen molar-refractivity contribution in [2.45, 2.75) is 33.1 Å². The molecular weight excluding hydrogens is 284 g/mol. The Balaban J connectivity index is 1.84. The molecule has 0 radical (unpaired) electrons. The third-order valence-corrected chi connectivity index (χ3v) is 4.46. The maximum Gasteiger partial charge on any atom is 0.205 e. The largest absolute Gasteiger partial charge is 0.356 e. The van der Waals surface area contributed by atoms with Crippen molar-refractivity contribution in [2.24, 2.45) is 4.99 Å². The summed E-state index contributed by atoms with van der Waals surface area (Å²) in [6, 6.07) is 0. The Kier molecular flexibility index (Phi) is 6.22. The average molecular weight is 310 g/mol. The Labute approximate surface area is 131 Å². The number of nitrogens with one attached hydrogen (secondary N) is 1. The van der Waals surface area contributed by atoms with E-state index < -0.39 is 0 Å². The lowest BCUT2D eigenvalue weighted by molar-refractivity contribution is 0.372. The minimum absolute atomic E-state index is 0.907. The molecule has 7 heteroatoms. The zero-order valence-corrected chi connectivity index (χ0v) is 14.1. The summed E-state index contributed by atoms with van der Waals surface area (Å²) >= 11 is 1.51. The fourth-order valence-electron chi connectivity index (χ4n) is 2.34. The lowest BCUT2D eigenvalue weighted by atomic mass is 10.3. The monoisotopic (exact) mass is 310 g/mol. The molecule has 0 amide bonds. The molecule has 0 saturated carbocycles. The van der Waals surface area contributed by atoms with Crippen LogP contribution in [0.15, 0.2) is 4.99 Å². The van der Waals surface area contributed by atoms with Crippen LogP contribution in [0.5, 0.6) is 0 Å². The van der Waals surface area contributed by atoms with Crippen LogP contribution in [0.4, 0.5) is 5.13 Å². The Bertz CT molecular complexity index is 450. The van der Waals surface area contributed by atoms with Crippen LogP contribution in [0, 0.1) is 0 Å². The third-order valence-electron chi connectivity index (χ3n) is 3.65. The van der Waals surface area contributed by atoms with Crippen LogP contribution in [0.3, 0.4) is 0 Å². The molecule has 1 aromatic rings. The standard InChI is InChI=1S/C14H26N6S/c1-4-6-7-16-13(15-3)19-8-10-20(11-9-19)14-17-12(5-2)18-21-14/h4-11H2,1-3H3,(H,15,16). The van der Waals surface area contributed by atoms with Crippen LogP contribution in [-0.2, 0) is 6.42 Å². The van der Waals surface area contributed by atoms with Gasteiger partial charge in [0.15, 0.2) is 5.96 Å². The van der Waals surface area contributed by atoms with E-state index >= 15 is 0 Å². The molecule has 0 aromatic carbocycles. The zero-order chi connectivity index (χ0) is 15.1. The van der Waals surface area contributed by atoms with Crippen molar-refractivity contribution in [1.82, 2.24) is 19.6 Å². The minimum Gasteiger partial charge on any atom is -0.356 e. The molecule has 6 nitrogen and oxygen atoms in total. The van der Waals surface area contributed by atoms with Crippen molar-refractivity contribution in [3.8, 4) is 0 Å². The predicted octanol–water partition coefficient (Wildman–Crippen LogP) is 1.60. The van der Waals surface area contributed by atoms with Gasteiger partial charge in [0.1, 0.15) is 5.82 Å². The summed E-state index contributed by atoms with van der Waals surface area (Å²) in [4.78, 5) is 13.6. The highest BCUT2D eigenvalue weighted by Crippen LogP contribution is 2.19. The van der Waals surface area contributed by atoms with Gasteiger partial charge in [-0.2, -0.15) is 4.37 Å². The van der Waals surface area contributed by atoms with E-state index in [0.29, 0.717) is 0 Å². The van der Waals surface area contributed by atoms with Crippen molar-refractivity contribution in [2.75, 3.05) is 44.7 Å². The quantitative estimate of drug-likeness (QED) is 0.508. The second-order valence-corrected chi connectivity index (χ2v) is 5.88. The lowest BCUT2D eigenvalue weighted by Gasteiger charge is -2.36. The number of aliphatic imine (C=N–C) groups is 1. The van der Waals surface area contributed by atoms with Gasteiger partial charge in [-0.3, -0.25) is 4.99 Å². The van der Waals surface area contributed by atoms with Crippen LogP contribution in [-0.4, -0.2) is 60.0 Å². The molecule has 0 bridgehead atoms. The van der Waals surface area contributed by atoms with Gasteiger partial charge in [0.25, 0.3) is 0 Å². The smallest absolute Gasteiger partial charge is 0.205 e. The van der Waals surface area contributed by atoms with Crippen LogP contribution in [0.1, 0.15) is 32.5 Å². The van der Waals surface area contributed by atoms with Gasteiger partial charge in [0.2, 0.25) is 5.13 Å². The van der Waals surface area contributed by atoms with E-state index in [2.05, 4.69) is 43.3 Å². The fourth-order valence-corrected chi connectivity index (χ4v) is 3.14. The first-order valence-corrected chi connectivity index (χ1v) is 8.59. The first-order valence-electron chi connectivity index (χ1n) is 7.81. The van der Waals surface area contributed by atoms with Gasteiger partial charge in [0.05, 0.1) is 0 Å². The highest BCUT2D eigenvalue weighted by Gasteiger charge is 2.21. The summed E-state index contributed by atoms with van der Waals surface area (Å²) in [7, 11) is 1.86. The number of rotatable bonds is 5. The summed E-state index contributed by atoms with van der Waals surface area (Å²) < 4.78 is 4.37. The van der Waals surface area contributed by atoms with Crippen LogP contribution in [0.2, 0.25) is 0 Å². The lowest BCUT2D eigenvalue weighted by Crippen LogP contribution is -2.52. The van der Waals surface area contributed by atoms with Crippen LogP contribution in [0.25, 0.3) is 0 Å². The number of anilines is 1. The minimum atomic E-state index is 0.907. The zero-order valence-electron chi connectivity index (χ0n) is 13.3. The number of hydrogen-bond donors (Lipinski definition) is 1. The van der Waals surface area contributed by atoms with Gasteiger partial charge in [-0.15, -0.1) is 0 Å². The first-order chi connectivity index (χ1) is 10.3. The van der Waals surface area contributed by atoms with E-state index in [0.717, 1.165) is 56.1 Å². The van der Waals surface area contributed by atoms with Gasteiger partial charge in [0, 0.05) is 57.7 Å². The van der Waals surface area contributed by atoms with Crippen LogP contribution >= 0.6 is 11.5 Å². The molecule has 0 spiro atoms. The molecule has 1 fully saturated rings. The Morgan fingerprint density at radius 2 is 2.05 bits per heavy atom. The van der Waals surface area contributed by atoms with E-state index in [1.54, 1.807) is 0 Å². The van der Waals surface area contributed by atoms with E-state index in [9.17, 15) is 0 Å². The molecule has 1 saturated heterocycles. The molecule has 0 atom stereocenters. The van der Waals surface area contributed by atoms with Gasteiger partial charge in [-0.25, -0.2) is 4.98 Å². The van der Waals surface area contributed by atoms with E-state index in [4.69, 9.17) is 0 Å². The van der Waals surface area contributed by atoms with Crippen molar-refractivity contribution >= 4 is 22.6 Å². The molecule has 1 aromatic heterocycles. The van der Waals surface area contributed by atoms with Crippen molar-refractivity contribution in [1.29, 1.82) is 0 Å². The van der Waals surface area contributed by atoms with Crippen molar-refractivity contribution in [3.63, 3.8) is 0 Å². The van der Waals surface area contributed by atoms with E-state index in [1.807, 2.05) is 7.05 Å². The molecule has 1 N–H and O–H groups in total. The number of nitrogens with zero attached hydrogens (tertiary/aromatic N) is 5. The number of aryl methyl sites for hydroxylation is 1. The van der Waals surface area contributed by atoms with Gasteiger partial charge in [-0.1, -0.05) is 20.3 Å². The second kappa shape index (κ2) is 8.17. The summed E-state index contributed by atoms with van der Waals surface area (Å²) in [5, 5.41) is 4.50. The molecular formula is C14H26N6S. The van der Waals surface area contributed by atoms with E-state index in [1.165, 1.54) is 24.4 Å². The Morgan fingerprint density at radius 3 is 2.62 bits per heavy atom. The highest BCUT2D eigenvalue weighted by molar-refractivity contribution is 7.09. The van der Waals surface area contributed by atoms with Crippen molar-refractivity contribution < 1.29 is 0 Å². The predicted molar refractivity (Wildman–Crippen MR) is 89.3 cm³/mol. The summed E-state index contributed by atoms with van der Waals surface area (Å²) in [6.07, 6.45) is 3.29. The number of hydrogen-bond acceptors (Lipinski definition) is 5. The maximum absolute atomic E-state index is 4.57. The maximum atomic E-state index is 4.57. The first kappa shape index (κ1) is 16.0. The highest BCUT2D eigenvalue weighted by atomic mass is 32.1. The molecule has 21 heavy (non-hydrogen) atoms. The number of unbranched alkanes of at least 4 members (excludes halogenated alkanes) is 1. The van der Waals surface area contributed by atoms with Crippen molar-refractivity contribution in [3.05, 3.63) is 5.82 Å². The number of piperazine rings is 1. The van der Waals surface area contributed by atoms with Gasteiger partial charge < -0.3 is 15.1 Å². The van der Waals surface area contributed by atoms with E-state index in [-0.39, 0.29) is 0 Å². The fraction of sp³-hybridized carbons (Fsp3) is 0.786. The summed E-state index contributed by atoms with van der Waals surface area (Å²) in [5.74, 6) is 1.98. The molecule has 2 heterocycles. The number of guanidine groups is 1. The van der Waals surface area contributed by atoms with Gasteiger partial charge in [-0.05, 0) is 6.42 Å². The molecule has 1 aliphatic heterocycles. The SMILES string of the molecule is CCCCNC(=NC)N1CCN(c2nc(CC)ns2)CC1. The molecule has 2 rings (SSSR count). The topological polar surface area (TPSA) is 56.7 Å². The summed E-state index contributed by atoms with van der Waals surface area (Å²) in [5.41, 5.74) is 0. The Hall–Kier alpha value is -1.37. The average Bonchev–Trinajstić information content (AvgIpc) is 3.01. The molecule has 0 aliphatic carbocycles.